The Morgan fingerprint density at radius 2 is 1.70 bits per heavy atom. The maximum Gasteiger partial charge on any atom is 0.0606 e. The van der Waals surface area contributed by atoms with Crippen LogP contribution in [0.25, 0.3) is 0 Å². The van der Waals surface area contributed by atoms with Crippen LogP contribution in [0.15, 0.2) is 59.5 Å². The lowest BCUT2D eigenvalue weighted by molar-refractivity contribution is 0.301. The first-order chi connectivity index (χ1) is 9.70. The standard InChI is InChI=1S/C16H19NO2S/c1-20(19)16-9-7-14(8-10-16)13-17(11-12-18)15-5-3-2-4-6-15/h2-10,18H,11-13H2,1H3/t20-/m1/s1. The molecule has 2 aromatic rings. The predicted molar refractivity (Wildman–Crippen MR) is 83.4 cm³/mol. The van der Waals surface area contributed by atoms with Crippen LogP contribution in [0, 0.1) is 0 Å². The molecule has 2 aromatic carbocycles. The molecule has 0 aliphatic heterocycles. The summed E-state index contributed by atoms with van der Waals surface area (Å²) in [7, 11) is -0.943. The van der Waals surface area contributed by atoms with Crippen LogP contribution < -0.4 is 4.90 Å². The van der Waals surface area contributed by atoms with E-state index in [2.05, 4.69) is 4.90 Å². The van der Waals surface area contributed by atoms with Crippen LogP contribution in [0.4, 0.5) is 5.69 Å². The second-order valence-electron chi connectivity index (χ2n) is 4.58. The summed E-state index contributed by atoms with van der Waals surface area (Å²) in [4.78, 5) is 2.96. The first-order valence-electron chi connectivity index (χ1n) is 6.54. The Balaban J connectivity index is 2.14. The zero-order chi connectivity index (χ0) is 14.4. The lowest BCUT2D eigenvalue weighted by Gasteiger charge is -2.24. The first kappa shape index (κ1) is 14.8. The normalized spacial score (nSPS) is 12.1. The summed E-state index contributed by atoms with van der Waals surface area (Å²) in [5.74, 6) is 0. The largest absolute Gasteiger partial charge is 0.395 e. The summed E-state index contributed by atoms with van der Waals surface area (Å²) in [6.07, 6.45) is 1.68. The van der Waals surface area contributed by atoms with Gasteiger partial charge in [0.15, 0.2) is 0 Å². The van der Waals surface area contributed by atoms with Crippen LogP contribution in [-0.2, 0) is 17.3 Å². The van der Waals surface area contributed by atoms with Crippen molar-refractivity contribution in [3.8, 4) is 0 Å². The van der Waals surface area contributed by atoms with Crippen molar-refractivity contribution in [3.63, 3.8) is 0 Å². The van der Waals surface area contributed by atoms with E-state index in [0.717, 1.165) is 22.7 Å². The minimum atomic E-state index is -0.943. The van der Waals surface area contributed by atoms with Crippen LogP contribution in [0.3, 0.4) is 0 Å². The third-order valence-corrected chi connectivity index (χ3v) is 4.06. The molecule has 2 rings (SSSR count). The summed E-state index contributed by atoms with van der Waals surface area (Å²) in [6, 6.07) is 17.8. The third kappa shape index (κ3) is 3.92. The van der Waals surface area contributed by atoms with Gasteiger partial charge in [-0.1, -0.05) is 30.3 Å². The van der Waals surface area contributed by atoms with E-state index < -0.39 is 10.8 Å². The molecule has 1 N–H and O–H groups in total. The van der Waals surface area contributed by atoms with Crippen molar-refractivity contribution in [2.45, 2.75) is 11.4 Å². The van der Waals surface area contributed by atoms with Gasteiger partial charge in [0.05, 0.1) is 6.61 Å². The molecule has 0 saturated heterocycles. The fourth-order valence-corrected chi connectivity index (χ4v) is 2.59. The van der Waals surface area contributed by atoms with Gasteiger partial charge in [0, 0.05) is 40.7 Å². The highest BCUT2D eigenvalue weighted by Gasteiger charge is 2.07. The summed E-state index contributed by atoms with van der Waals surface area (Å²) in [5, 5.41) is 9.21. The van der Waals surface area contributed by atoms with E-state index in [9.17, 15) is 9.32 Å². The number of aliphatic hydroxyl groups is 1. The second-order valence-corrected chi connectivity index (χ2v) is 5.96. The van der Waals surface area contributed by atoms with Crippen molar-refractivity contribution < 1.29 is 9.32 Å². The second kappa shape index (κ2) is 7.22. The Kier molecular flexibility index (Phi) is 5.32. The Morgan fingerprint density at radius 3 is 2.25 bits per heavy atom. The number of aliphatic hydroxyl groups excluding tert-OH is 1. The van der Waals surface area contributed by atoms with E-state index in [1.54, 1.807) is 6.26 Å². The molecule has 0 unspecified atom stereocenters. The average molecular weight is 289 g/mol. The fourth-order valence-electron chi connectivity index (χ4n) is 2.07. The number of rotatable bonds is 6. The lowest BCUT2D eigenvalue weighted by atomic mass is 10.2. The van der Waals surface area contributed by atoms with Gasteiger partial charge in [0.25, 0.3) is 0 Å². The molecule has 20 heavy (non-hydrogen) atoms. The number of para-hydroxylation sites is 1. The minimum absolute atomic E-state index is 0.117. The van der Waals surface area contributed by atoms with Gasteiger partial charge in [-0.15, -0.1) is 0 Å². The fraction of sp³-hybridized carbons (Fsp3) is 0.250. The van der Waals surface area contributed by atoms with Crippen molar-refractivity contribution in [1.82, 2.24) is 0 Å². The minimum Gasteiger partial charge on any atom is -0.395 e. The van der Waals surface area contributed by atoms with Crippen LogP contribution in [0.5, 0.6) is 0 Å². The maximum absolute atomic E-state index is 11.4. The van der Waals surface area contributed by atoms with E-state index in [-0.39, 0.29) is 6.61 Å². The van der Waals surface area contributed by atoms with Crippen LogP contribution >= 0.6 is 0 Å². The number of hydrogen-bond acceptors (Lipinski definition) is 3. The molecule has 0 fully saturated rings. The molecule has 0 aromatic heterocycles. The summed E-state index contributed by atoms with van der Waals surface area (Å²) in [6.45, 7) is 1.43. The first-order valence-corrected chi connectivity index (χ1v) is 8.10. The number of hydrogen-bond donors (Lipinski definition) is 1. The number of nitrogens with zero attached hydrogens (tertiary/aromatic N) is 1. The van der Waals surface area contributed by atoms with E-state index in [1.807, 2.05) is 54.6 Å². The van der Waals surface area contributed by atoms with Crippen LogP contribution in [-0.4, -0.2) is 28.7 Å². The lowest BCUT2D eigenvalue weighted by Crippen LogP contribution is -2.25. The number of benzene rings is 2. The molecule has 0 spiro atoms. The van der Waals surface area contributed by atoms with Gasteiger partial charge in [-0.3, -0.25) is 4.21 Å². The molecule has 0 bridgehead atoms. The molecule has 0 aliphatic carbocycles. The Hall–Kier alpha value is -1.65. The molecular formula is C16H19NO2S. The molecule has 1 atom stereocenters. The highest BCUT2D eigenvalue weighted by atomic mass is 32.2. The highest BCUT2D eigenvalue weighted by molar-refractivity contribution is 7.84. The summed E-state index contributed by atoms with van der Waals surface area (Å²) in [5.41, 5.74) is 2.22. The zero-order valence-electron chi connectivity index (χ0n) is 11.5. The van der Waals surface area contributed by atoms with Gasteiger partial charge >= 0.3 is 0 Å². The summed E-state index contributed by atoms with van der Waals surface area (Å²) < 4.78 is 11.4. The van der Waals surface area contributed by atoms with Gasteiger partial charge in [0.1, 0.15) is 0 Å². The van der Waals surface area contributed by atoms with Gasteiger partial charge in [-0.05, 0) is 29.8 Å². The Morgan fingerprint density at radius 1 is 1.05 bits per heavy atom. The quantitative estimate of drug-likeness (QED) is 0.888. The molecular weight excluding hydrogens is 270 g/mol. The van der Waals surface area contributed by atoms with Gasteiger partial charge in [-0.2, -0.15) is 0 Å². The van der Waals surface area contributed by atoms with E-state index in [0.29, 0.717) is 6.54 Å². The number of anilines is 1. The van der Waals surface area contributed by atoms with Crippen LogP contribution in [0.1, 0.15) is 5.56 Å². The monoisotopic (exact) mass is 289 g/mol. The highest BCUT2D eigenvalue weighted by Crippen LogP contribution is 2.17. The topological polar surface area (TPSA) is 40.5 Å². The van der Waals surface area contributed by atoms with E-state index >= 15 is 0 Å². The summed E-state index contributed by atoms with van der Waals surface area (Å²) >= 11 is 0. The van der Waals surface area contributed by atoms with Gasteiger partial charge < -0.3 is 10.0 Å². The third-order valence-electron chi connectivity index (χ3n) is 3.12. The predicted octanol–water partition coefficient (Wildman–Crippen LogP) is 2.42. The Bertz CT molecular complexity index is 554. The molecule has 0 radical (unpaired) electrons. The molecule has 4 heteroatoms. The van der Waals surface area contributed by atoms with E-state index in [4.69, 9.17) is 0 Å². The van der Waals surface area contributed by atoms with Crippen LogP contribution in [0.2, 0.25) is 0 Å². The van der Waals surface area contributed by atoms with Crippen molar-refractivity contribution in [3.05, 3.63) is 60.2 Å². The molecule has 0 saturated carbocycles. The average Bonchev–Trinajstić information content (AvgIpc) is 2.48. The van der Waals surface area contributed by atoms with E-state index in [1.165, 1.54) is 0 Å². The van der Waals surface area contributed by atoms with Crippen molar-refractivity contribution in [1.29, 1.82) is 0 Å². The van der Waals surface area contributed by atoms with Crippen molar-refractivity contribution >= 4 is 16.5 Å². The smallest absolute Gasteiger partial charge is 0.0606 e. The van der Waals surface area contributed by atoms with Crippen molar-refractivity contribution in [2.24, 2.45) is 0 Å². The molecule has 0 amide bonds. The molecule has 106 valence electrons. The van der Waals surface area contributed by atoms with Gasteiger partial charge in [-0.25, -0.2) is 0 Å². The Labute approximate surface area is 122 Å². The SMILES string of the molecule is C[S@@](=O)c1ccc(CN(CCO)c2ccccc2)cc1. The molecule has 0 aliphatic rings. The van der Waals surface area contributed by atoms with Gasteiger partial charge in [0.2, 0.25) is 0 Å². The zero-order valence-corrected chi connectivity index (χ0v) is 12.3. The molecule has 3 nitrogen and oxygen atoms in total. The molecule has 0 heterocycles. The maximum atomic E-state index is 11.4. The van der Waals surface area contributed by atoms with Crippen molar-refractivity contribution in [2.75, 3.05) is 24.3 Å².